The van der Waals surface area contributed by atoms with Gasteiger partial charge in [0.25, 0.3) is 0 Å². The molecule has 0 saturated carbocycles. The van der Waals surface area contributed by atoms with E-state index in [0.29, 0.717) is 11.7 Å². The zero-order chi connectivity index (χ0) is 13.8. The molecule has 2 rings (SSSR count). The first-order valence-electron chi connectivity index (χ1n) is 7.15. The topological polar surface area (TPSA) is 32.7 Å². The molecule has 1 aliphatic rings. The fraction of sp³-hybridized carbons (Fsp3) is 0.625. The van der Waals surface area contributed by atoms with Gasteiger partial charge in [-0.25, -0.2) is 0 Å². The molecule has 19 heavy (non-hydrogen) atoms. The Bertz CT molecular complexity index is 413. The smallest absolute Gasteiger partial charge is 0.120 e. The maximum absolute atomic E-state index is 10.1. The Morgan fingerprint density at radius 1 is 1.47 bits per heavy atom. The number of nitrogens with zero attached hydrogens (tertiary/aromatic N) is 1. The van der Waals surface area contributed by atoms with E-state index < -0.39 is 0 Å². The van der Waals surface area contributed by atoms with Gasteiger partial charge < -0.3 is 9.84 Å². The molecule has 2 atom stereocenters. The fourth-order valence-corrected chi connectivity index (χ4v) is 2.76. The van der Waals surface area contributed by atoms with Crippen molar-refractivity contribution in [3.05, 3.63) is 29.3 Å². The van der Waals surface area contributed by atoms with Crippen LogP contribution in [0.15, 0.2) is 18.2 Å². The third-order valence-electron chi connectivity index (χ3n) is 4.10. The zero-order valence-corrected chi connectivity index (χ0v) is 12.2. The van der Waals surface area contributed by atoms with Crippen molar-refractivity contribution < 1.29 is 9.84 Å². The summed E-state index contributed by atoms with van der Waals surface area (Å²) in [5.41, 5.74) is 2.10. The van der Waals surface area contributed by atoms with E-state index >= 15 is 0 Å². The van der Waals surface area contributed by atoms with Crippen LogP contribution in [-0.4, -0.2) is 36.8 Å². The van der Waals surface area contributed by atoms with E-state index in [0.717, 1.165) is 30.9 Å². The maximum atomic E-state index is 10.1. The van der Waals surface area contributed by atoms with Gasteiger partial charge in [-0.2, -0.15) is 0 Å². The number of aromatic hydroxyl groups is 1. The van der Waals surface area contributed by atoms with Crippen molar-refractivity contribution in [3.8, 4) is 5.75 Å². The Labute approximate surface area is 116 Å². The predicted molar refractivity (Wildman–Crippen MR) is 77.4 cm³/mol. The van der Waals surface area contributed by atoms with Gasteiger partial charge >= 0.3 is 0 Å². The minimum atomic E-state index is 0.225. The second kappa shape index (κ2) is 6.40. The second-order valence-electron chi connectivity index (χ2n) is 5.76. The first kappa shape index (κ1) is 14.4. The Kier molecular flexibility index (Phi) is 4.83. The van der Waals surface area contributed by atoms with Gasteiger partial charge in [-0.15, -0.1) is 0 Å². The van der Waals surface area contributed by atoms with Crippen molar-refractivity contribution in [3.63, 3.8) is 0 Å². The molecule has 3 nitrogen and oxygen atoms in total. The first-order chi connectivity index (χ1) is 9.08. The summed E-state index contributed by atoms with van der Waals surface area (Å²) < 4.78 is 5.53. The molecule has 1 aromatic rings. The van der Waals surface area contributed by atoms with Crippen LogP contribution < -0.4 is 0 Å². The molecule has 0 radical (unpaired) electrons. The van der Waals surface area contributed by atoms with Crippen molar-refractivity contribution in [1.82, 2.24) is 4.90 Å². The van der Waals surface area contributed by atoms with Gasteiger partial charge in [0.15, 0.2) is 0 Å². The molecule has 0 spiro atoms. The minimum absolute atomic E-state index is 0.225. The Morgan fingerprint density at radius 3 is 2.89 bits per heavy atom. The van der Waals surface area contributed by atoms with Crippen LogP contribution in [0, 0.1) is 12.8 Å². The molecule has 1 fully saturated rings. The lowest BCUT2D eigenvalue weighted by Crippen LogP contribution is -2.32. The van der Waals surface area contributed by atoms with Gasteiger partial charge in [0.05, 0.1) is 6.61 Å². The number of aryl methyl sites for hydroxylation is 1. The third kappa shape index (κ3) is 3.71. The first-order valence-corrected chi connectivity index (χ1v) is 7.15. The number of phenolic OH excluding ortho intramolecular Hbond substituents is 1. The molecule has 106 valence electrons. The Hall–Kier alpha value is -1.06. The van der Waals surface area contributed by atoms with E-state index in [1.807, 2.05) is 19.1 Å². The van der Waals surface area contributed by atoms with E-state index in [4.69, 9.17) is 4.74 Å². The van der Waals surface area contributed by atoms with Crippen LogP contribution >= 0.6 is 0 Å². The largest absolute Gasteiger partial charge is 0.508 e. The van der Waals surface area contributed by atoms with E-state index in [9.17, 15) is 5.11 Å². The summed E-state index contributed by atoms with van der Waals surface area (Å²) in [5, 5.41) is 10.1. The van der Waals surface area contributed by atoms with Crippen molar-refractivity contribution in [2.24, 2.45) is 5.92 Å². The third-order valence-corrected chi connectivity index (χ3v) is 4.10. The lowest BCUT2D eigenvalue weighted by atomic mass is 9.99. The molecule has 0 bridgehead atoms. The van der Waals surface area contributed by atoms with E-state index in [1.165, 1.54) is 12.8 Å². The molecular formula is C16H25NO2. The summed E-state index contributed by atoms with van der Waals surface area (Å²) in [7, 11) is 2.12. The van der Waals surface area contributed by atoms with Crippen LogP contribution in [0.3, 0.4) is 0 Å². The molecule has 1 aliphatic heterocycles. The van der Waals surface area contributed by atoms with Crippen LogP contribution in [0.4, 0.5) is 0 Å². The van der Waals surface area contributed by atoms with Gasteiger partial charge in [0.2, 0.25) is 0 Å². The number of rotatable bonds is 4. The molecule has 1 aromatic carbocycles. The highest BCUT2D eigenvalue weighted by Crippen LogP contribution is 2.29. The molecule has 1 heterocycles. The second-order valence-corrected chi connectivity index (χ2v) is 5.76. The SMILES string of the molecule is Cc1ccc(C(C)N(C)CC2CCCOC2)c(O)c1. The van der Waals surface area contributed by atoms with Gasteiger partial charge in [0.1, 0.15) is 5.75 Å². The summed E-state index contributed by atoms with van der Waals surface area (Å²) >= 11 is 0. The molecule has 0 aromatic heterocycles. The number of ether oxygens (including phenoxy) is 1. The Morgan fingerprint density at radius 2 is 2.26 bits per heavy atom. The normalized spacial score (nSPS) is 21.6. The maximum Gasteiger partial charge on any atom is 0.120 e. The van der Waals surface area contributed by atoms with Crippen LogP contribution in [0.5, 0.6) is 5.75 Å². The highest BCUT2D eigenvalue weighted by atomic mass is 16.5. The summed E-state index contributed by atoms with van der Waals surface area (Å²) in [6, 6.07) is 6.15. The summed E-state index contributed by atoms with van der Waals surface area (Å²) in [5.74, 6) is 1.02. The van der Waals surface area contributed by atoms with E-state index in [-0.39, 0.29) is 6.04 Å². The standard InChI is InChI=1S/C16H25NO2/c1-12-6-7-15(16(18)9-12)13(2)17(3)10-14-5-4-8-19-11-14/h6-7,9,13-14,18H,4-5,8,10-11H2,1-3H3. The van der Waals surface area contributed by atoms with Crippen LogP contribution in [0.2, 0.25) is 0 Å². The molecule has 1 N–H and O–H groups in total. The number of phenols is 1. The molecule has 2 unspecified atom stereocenters. The predicted octanol–water partition coefficient (Wildman–Crippen LogP) is 3.12. The number of benzene rings is 1. The number of hydrogen-bond donors (Lipinski definition) is 1. The summed E-state index contributed by atoms with van der Waals surface area (Å²) in [6.45, 7) is 6.95. The monoisotopic (exact) mass is 263 g/mol. The average molecular weight is 263 g/mol. The van der Waals surface area contributed by atoms with Crippen molar-refractivity contribution in [1.29, 1.82) is 0 Å². The lowest BCUT2D eigenvalue weighted by Gasteiger charge is -2.31. The fourth-order valence-electron chi connectivity index (χ4n) is 2.76. The van der Waals surface area contributed by atoms with Crippen LogP contribution in [0.1, 0.15) is 36.9 Å². The van der Waals surface area contributed by atoms with Crippen LogP contribution in [0.25, 0.3) is 0 Å². The average Bonchev–Trinajstić information content (AvgIpc) is 2.39. The van der Waals surface area contributed by atoms with E-state index in [1.54, 1.807) is 0 Å². The lowest BCUT2D eigenvalue weighted by molar-refractivity contribution is 0.0370. The van der Waals surface area contributed by atoms with Gasteiger partial charge in [-0.1, -0.05) is 12.1 Å². The summed E-state index contributed by atoms with van der Waals surface area (Å²) in [4.78, 5) is 2.31. The van der Waals surface area contributed by atoms with Gasteiger partial charge in [-0.3, -0.25) is 4.90 Å². The van der Waals surface area contributed by atoms with Crippen LogP contribution in [-0.2, 0) is 4.74 Å². The Balaban J connectivity index is 1.99. The highest BCUT2D eigenvalue weighted by molar-refractivity contribution is 5.37. The quantitative estimate of drug-likeness (QED) is 0.906. The van der Waals surface area contributed by atoms with E-state index in [2.05, 4.69) is 24.9 Å². The van der Waals surface area contributed by atoms with Gasteiger partial charge in [-0.05, 0) is 51.3 Å². The summed E-state index contributed by atoms with van der Waals surface area (Å²) in [6.07, 6.45) is 2.42. The molecule has 3 heteroatoms. The van der Waals surface area contributed by atoms with Gasteiger partial charge in [0, 0.05) is 24.8 Å². The van der Waals surface area contributed by atoms with Crippen molar-refractivity contribution in [2.75, 3.05) is 26.8 Å². The molecule has 0 aliphatic carbocycles. The highest BCUT2D eigenvalue weighted by Gasteiger charge is 2.20. The van der Waals surface area contributed by atoms with Crippen molar-refractivity contribution in [2.45, 2.75) is 32.7 Å². The number of hydrogen-bond acceptors (Lipinski definition) is 3. The zero-order valence-electron chi connectivity index (χ0n) is 12.2. The molecule has 0 amide bonds. The minimum Gasteiger partial charge on any atom is -0.508 e. The molecular weight excluding hydrogens is 238 g/mol. The molecule has 1 saturated heterocycles. The van der Waals surface area contributed by atoms with Crippen molar-refractivity contribution >= 4 is 0 Å².